The van der Waals surface area contributed by atoms with E-state index in [1.807, 2.05) is 0 Å². The summed E-state index contributed by atoms with van der Waals surface area (Å²) in [6, 6.07) is 3.88. The summed E-state index contributed by atoms with van der Waals surface area (Å²) < 4.78 is 14.6. The molecule has 7 nitrogen and oxygen atoms in total. The van der Waals surface area contributed by atoms with Gasteiger partial charge in [0.2, 0.25) is 5.91 Å². The number of nitro groups is 1. The van der Waals surface area contributed by atoms with Crippen LogP contribution in [-0.4, -0.2) is 20.6 Å². The summed E-state index contributed by atoms with van der Waals surface area (Å²) in [7, 11) is 0. The van der Waals surface area contributed by atoms with Crippen LogP contribution in [-0.2, 0) is 11.3 Å². The van der Waals surface area contributed by atoms with E-state index in [-0.39, 0.29) is 23.2 Å². The molecule has 0 fully saturated rings. The van der Waals surface area contributed by atoms with Gasteiger partial charge in [-0.1, -0.05) is 18.5 Å². The highest BCUT2D eigenvalue weighted by atomic mass is 35.5. The number of nitrogens with one attached hydrogen (secondary N) is 1. The molecule has 2 rings (SSSR count). The van der Waals surface area contributed by atoms with E-state index in [1.165, 1.54) is 16.8 Å². The molecule has 1 heterocycles. The fourth-order valence-corrected chi connectivity index (χ4v) is 2.49. The Morgan fingerprint density at radius 2 is 2.17 bits per heavy atom. The number of hydrogen-bond donors (Lipinski definition) is 1. The third-order valence-corrected chi connectivity index (χ3v) is 3.90. The summed E-state index contributed by atoms with van der Waals surface area (Å²) in [6.07, 6.45) is 0. The third kappa shape index (κ3) is 3.70. The summed E-state index contributed by atoms with van der Waals surface area (Å²) in [5, 5.41) is 17.7. The predicted molar refractivity (Wildman–Crippen MR) is 87.6 cm³/mol. The van der Waals surface area contributed by atoms with Crippen LogP contribution < -0.4 is 5.32 Å². The van der Waals surface area contributed by atoms with E-state index >= 15 is 0 Å². The topological polar surface area (TPSA) is 90.1 Å². The average Bonchev–Trinajstić information content (AvgIpc) is 2.77. The minimum atomic E-state index is -0.572. The summed E-state index contributed by atoms with van der Waals surface area (Å²) in [4.78, 5) is 22.7. The molecule has 0 bridgehead atoms. The van der Waals surface area contributed by atoms with Crippen LogP contribution in [0.4, 0.5) is 15.8 Å². The first-order valence-corrected chi connectivity index (χ1v) is 7.52. The van der Waals surface area contributed by atoms with Crippen molar-refractivity contribution < 1.29 is 14.1 Å². The van der Waals surface area contributed by atoms with E-state index < -0.39 is 16.7 Å². The largest absolute Gasteiger partial charge is 0.326 e. The number of nitrogens with zero attached hydrogens (tertiary/aromatic N) is 3. The molecule has 0 saturated carbocycles. The van der Waals surface area contributed by atoms with Gasteiger partial charge in [0.05, 0.1) is 22.4 Å². The van der Waals surface area contributed by atoms with Crippen LogP contribution in [0.1, 0.15) is 18.3 Å². The number of carbonyl (C=O) groups excluding carboxylic acids is 1. The molecule has 0 unspecified atom stereocenters. The van der Waals surface area contributed by atoms with E-state index in [2.05, 4.69) is 10.4 Å². The Morgan fingerprint density at radius 3 is 2.71 bits per heavy atom. The Labute approximate surface area is 142 Å². The molecular formula is C15H16ClFN4O3. The first-order chi connectivity index (χ1) is 11.2. The maximum Gasteiger partial charge on any atom is 0.312 e. The van der Waals surface area contributed by atoms with Crippen molar-refractivity contribution in [2.75, 3.05) is 5.32 Å². The molecule has 128 valence electrons. The van der Waals surface area contributed by atoms with E-state index in [1.54, 1.807) is 20.8 Å². The quantitative estimate of drug-likeness (QED) is 0.657. The maximum atomic E-state index is 13.1. The predicted octanol–water partition coefficient (Wildman–Crippen LogP) is 3.48. The number of aromatic nitrogens is 2. The number of anilines is 1. The maximum absolute atomic E-state index is 13.1. The molecule has 1 aromatic carbocycles. The Hall–Kier alpha value is -2.48. The van der Waals surface area contributed by atoms with Crippen LogP contribution in [0.2, 0.25) is 5.02 Å². The number of benzene rings is 1. The summed E-state index contributed by atoms with van der Waals surface area (Å²) in [5.74, 6) is -1.41. The Morgan fingerprint density at radius 1 is 1.50 bits per heavy atom. The van der Waals surface area contributed by atoms with Crippen molar-refractivity contribution in [3.05, 3.63) is 50.5 Å². The molecule has 9 heteroatoms. The fraction of sp³-hybridized carbons (Fsp3) is 0.333. The van der Waals surface area contributed by atoms with Gasteiger partial charge in [-0.05, 0) is 32.0 Å². The molecule has 2 aromatic rings. The minimum Gasteiger partial charge on any atom is -0.326 e. The van der Waals surface area contributed by atoms with Gasteiger partial charge >= 0.3 is 5.69 Å². The zero-order valence-corrected chi connectivity index (χ0v) is 14.1. The van der Waals surface area contributed by atoms with Gasteiger partial charge in [0.25, 0.3) is 0 Å². The zero-order chi connectivity index (χ0) is 18.0. The highest BCUT2D eigenvalue weighted by Crippen LogP contribution is 2.23. The Balaban J connectivity index is 2.10. The molecule has 1 amide bonds. The van der Waals surface area contributed by atoms with Crippen LogP contribution in [0.15, 0.2) is 18.2 Å². The number of amides is 1. The summed E-state index contributed by atoms with van der Waals surface area (Å²) >= 11 is 5.67. The van der Waals surface area contributed by atoms with Gasteiger partial charge in [0.1, 0.15) is 17.2 Å². The third-order valence-electron chi connectivity index (χ3n) is 3.61. The van der Waals surface area contributed by atoms with Crippen LogP contribution in [0.25, 0.3) is 0 Å². The second-order valence-electron chi connectivity index (χ2n) is 5.48. The van der Waals surface area contributed by atoms with Gasteiger partial charge in [-0.3, -0.25) is 19.6 Å². The van der Waals surface area contributed by atoms with Crippen molar-refractivity contribution in [2.24, 2.45) is 5.92 Å². The summed E-state index contributed by atoms with van der Waals surface area (Å²) in [5.41, 5.74) is 1.02. The number of halogens is 2. The van der Waals surface area contributed by atoms with Crippen molar-refractivity contribution >= 4 is 28.9 Å². The second kappa shape index (κ2) is 6.96. The fourth-order valence-electron chi connectivity index (χ4n) is 2.31. The van der Waals surface area contributed by atoms with Crippen molar-refractivity contribution in [1.82, 2.24) is 9.78 Å². The molecule has 1 aromatic heterocycles. The zero-order valence-electron chi connectivity index (χ0n) is 13.3. The highest BCUT2D eigenvalue weighted by Gasteiger charge is 2.24. The van der Waals surface area contributed by atoms with Gasteiger partial charge in [-0.2, -0.15) is 5.10 Å². The molecule has 1 atom stereocenters. The van der Waals surface area contributed by atoms with Gasteiger partial charge in [0, 0.05) is 5.69 Å². The number of hydrogen-bond acceptors (Lipinski definition) is 4. The van der Waals surface area contributed by atoms with E-state index in [9.17, 15) is 19.3 Å². The average molecular weight is 355 g/mol. The first-order valence-electron chi connectivity index (χ1n) is 7.15. The van der Waals surface area contributed by atoms with Crippen LogP contribution in [0, 0.1) is 35.7 Å². The van der Waals surface area contributed by atoms with Gasteiger partial charge in [-0.15, -0.1) is 0 Å². The lowest BCUT2D eigenvalue weighted by Gasteiger charge is -2.13. The van der Waals surface area contributed by atoms with Gasteiger partial charge in [0.15, 0.2) is 0 Å². The monoisotopic (exact) mass is 354 g/mol. The van der Waals surface area contributed by atoms with Crippen molar-refractivity contribution in [1.29, 1.82) is 0 Å². The number of aryl methyl sites for hydroxylation is 1. The van der Waals surface area contributed by atoms with E-state index in [0.717, 1.165) is 6.07 Å². The van der Waals surface area contributed by atoms with Crippen molar-refractivity contribution in [3.63, 3.8) is 0 Å². The van der Waals surface area contributed by atoms with Crippen LogP contribution in [0.5, 0.6) is 0 Å². The lowest BCUT2D eigenvalue weighted by Crippen LogP contribution is -2.25. The standard InChI is InChI=1S/C15H16ClFN4O3/c1-8(7-20-10(3)14(21(23)24)9(2)19-20)15(22)18-11-4-5-13(17)12(16)6-11/h4-6,8H,7H2,1-3H3,(H,18,22)/t8-/m1/s1. The minimum absolute atomic E-state index is 0.0482. The number of carbonyl (C=O) groups is 1. The van der Waals surface area contributed by atoms with E-state index in [0.29, 0.717) is 17.1 Å². The highest BCUT2D eigenvalue weighted by molar-refractivity contribution is 6.31. The van der Waals surface area contributed by atoms with Crippen molar-refractivity contribution in [3.8, 4) is 0 Å². The molecule has 1 N–H and O–H groups in total. The van der Waals surface area contributed by atoms with Crippen LogP contribution in [0.3, 0.4) is 0 Å². The SMILES string of the molecule is Cc1nn(C[C@@H](C)C(=O)Nc2ccc(F)c(Cl)c2)c(C)c1[N+](=O)[O-]. The molecule has 0 aliphatic rings. The molecule has 24 heavy (non-hydrogen) atoms. The first kappa shape index (κ1) is 17.9. The Bertz CT molecular complexity index is 806. The second-order valence-corrected chi connectivity index (χ2v) is 5.89. The lowest BCUT2D eigenvalue weighted by atomic mass is 10.1. The van der Waals surface area contributed by atoms with Gasteiger partial charge < -0.3 is 5.32 Å². The molecule has 0 aliphatic heterocycles. The smallest absolute Gasteiger partial charge is 0.312 e. The van der Waals surface area contributed by atoms with Crippen molar-refractivity contribution in [2.45, 2.75) is 27.3 Å². The van der Waals surface area contributed by atoms with E-state index in [4.69, 9.17) is 11.6 Å². The molecule has 0 radical (unpaired) electrons. The Kier molecular flexibility index (Phi) is 5.18. The molecule has 0 aliphatic carbocycles. The molecule has 0 spiro atoms. The number of rotatable bonds is 5. The van der Waals surface area contributed by atoms with Crippen LogP contribution >= 0.6 is 11.6 Å². The van der Waals surface area contributed by atoms with Gasteiger partial charge in [-0.25, -0.2) is 4.39 Å². The summed E-state index contributed by atoms with van der Waals surface area (Å²) in [6.45, 7) is 4.99. The molecular weight excluding hydrogens is 339 g/mol. The molecule has 0 saturated heterocycles. The lowest BCUT2D eigenvalue weighted by molar-refractivity contribution is -0.386. The normalized spacial score (nSPS) is 12.0.